The van der Waals surface area contributed by atoms with Crippen LogP contribution in [0.1, 0.15) is 26.7 Å². The van der Waals surface area contributed by atoms with Gasteiger partial charge in [-0.05, 0) is 19.8 Å². The Morgan fingerprint density at radius 1 is 1.59 bits per heavy atom. The quantitative estimate of drug-likeness (QED) is 0.800. The van der Waals surface area contributed by atoms with E-state index in [4.69, 9.17) is 5.11 Å². The van der Waals surface area contributed by atoms with Crippen LogP contribution < -0.4 is 10.5 Å². The summed E-state index contributed by atoms with van der Waals surface area (Å²) in [6.07, 6.45) is 2.85. The highest BCUT2D eigenvalue weighted by atomic mass is 16.3. The van der Waals surface area contributed by atoms with E-state index in [1.807, 2.05) is 11.9 Å². The first-order valence-electron chi connectivity index (χ1n) is 6.01. The van der Waals surface area contributed by atoms with Crippen LogP contribution in [-0.2, 0) is 6.54 Å². The van der Waals surface area contributed by atoms with Crippen LogP contribution in [-0.4, -0.2) is 34.6 Å². The second-order valence-electron chi connectivity index (χ2n) is 4.33. The summed E-state index contributed by atoms with van der Waals surface area (Å²) in [6.45, 7) is 5.15. The lowest BCUT2D eigenvalue weighted by atomic mass is 10.3. The summed E-state index contributed by atoms with van der Waals surface area (Å²) >= 11 is 0. The van der Waals surface area contributed by atoms with Crippen molar-refractivity contribution in [1.29, 1.82) is 0 Å². The van der Waals surface area contributed by atoms with Crippen LogP contribution in [0.15, 0.2) is 17.1 Å². The molecule has 0 fully saturated rings. The second-order valence-corrected chi connectivity index (χ2v) is 4.33. The van der Waals surface area contributed by atoms with E-state index in [0.29, 0.717) is 13.0 Å². The zero-order valence-corrected chi connectivity index (χ0v) is 10.8. The molecule has 0 saturated heterocycles. The van der Waals surface area contributed by atoms with Gasteiger partial charge in [0.25, 0.3) is 5.56 Å². The van der Waals surface area contributed by atoms with E-state index in [9.17, 15) is 4.79 Å². The number of aliphatic hydroxyl groups excluding tert-OH is 1. The van der Waals surface area contributed by atoms with Gasteiger partial charge < -0.3 is 10.0 Å². The molecule has 0 bridgehead atoms. The average molecular weight is 239 g/mol. The van der Waals surface area contributed by atoms with E-state index in [2.05, 4.69) is 12.0 Å². The molecule has 1 N–H and O–H groups in total. The largest absolute Gasteiger partial charge is 0.393 e. The van der Waals surface area contributed by atoms with Crippen molar-refractivity contribution in [2.24, 2.45) is 0 Å². The van der Waals surface area contributed by atoms with Crippen LogP contribution in [0, 0.1) is 0 Å². The first kappa shape index (κ1) is 13.7. The minimum absolute atomic E-state index is 0.119. The summed E-state index contributed by atoms with van der Waals surface area (Å²) in [5, 5.41) is 13.3. The Kier molecular flexibility index (Phi) is 5.15. The van der Waals surface area contributed by atoms with Gasteiger partial charge in [-0.15, -0.1) is 0 Å². The van der Waals surface area contributed by atoms with Crippen molar-refractivity contribution < 1.29 is 5.11 Å². The third-order valence-electron chi connectivity index (χ3n) is 2.61. The van der Waals surface area contributed by atoms with Gasteiger partial charge >= 0.3 is 0 Å². The summed E-state index contributed by atoms with van der Waals surface area (Å²) in [5.41, 5.74) is 0.719. The van der Waals surface area contributed by atoms with E-state index >= 15 is 0 Å². The van der Waals surface area contributed by atoms with Crippen LogP contribution in [0.2, 0.25) is 0 Å². The normalized spacial score (nSPS) is 12.5. The number of anilines is 1. The summed E-state index contributed by atoms with van der Waals surface area (Å²) in [7, 11) is 1.94. The van der Waals surface area contributed by atoms with Crippen molar-refractivity contribution in [3.8, 4) is 0 Å². The molecular formula is C12H21N3O2. The standard InChI is InChI=1S/C12H21N3O2/c1-4-6-14(3)11-8-12(17)15(13-9-11)7-5-10(2)16/h8-10,16H,4-7H2,1-3H3. The number of rotatable bonds is 6. The molecule has 17 heavy (non-hydrogen) atoms. The maximum absolute atomic E-state index is 11.8. The van der Waals surface area contributed by atoms with Crippen molar-refractivity contribution in [3.05, 3.63) is 22.6 Å². The Balaban J connectivity index is 2.75. The molecule has 0 aliphatic rings. The minimum Gasteiger partial charge on any atom is -0.393 e. The van der Waals surface area contributed by atoms with Crippen molar-refractivity contribution >= 4 is 5.69 Å². The van der Waals surface area contributed by atoms with E-state index in [1.54, 1.807) is 19.2 Å². The van der Waals surface area contributed by atoms with Gasteiger partial charge in [0, 0.05) is 26.2 Å². The first-order valence-corrected chi connectivity index (χ1v) is 6.01. The molecule has 0 aliphatic heterocycles. The zero-order chi connectivity index (χ0) is 12.8. The molecule has 1 aromatic heterocycles. The molecule has 0 spiro atoms. The zero-order valence-electron chi connectivity index (χ0n) is 10.8. The van der Waals surface area contributed by atoms with E-state index < -0.39 is 6.10 Å². The summed E-state index contributed by atoms with van der Waals surface area (Å²) in [5.74, 6) is 0. The number of nitrogens with zero attached hydrogens (tertiary/aromatic N) is 3. The average Bonchev–Trinajstić information content (AvgIpc) is 2.27. The monoisotopic (exact) mass is 239 g/mol. The lowest BCUT2D eigenvalue weighted by molar-refractivity contribution is 0.175. The van der Waals surface area contributed by atoms with Gasteiger partial charge in [0.2, 0.25) is 0 Å². The van der Waals surface area contributed by atoms with Crippen molar-refractivity contribution in [2.75, 3.05) is 18.5 Å². The van der Waals surface area contributed by atoms with Crippen LogP contribution in [0.5, 0.6) is 0 Å². The van der Waals surface area contributed by atoms with Gasteiger partial charge in [-0.1, -0.05) is 6.92 Å². The number of aryl methyl sites for hydroxylation is 1. The Labute approximate surface area is 102 Å². The SMILES string of the molecule is CCCN(C)c1cnn(CCC(C)O)c(=O)c1. The molecule has 0 aromatic carbocycles. The predicted octanol–water partition coefficient (Wildman–Crippen LogP) is 0.860. The number of aromatic nitrogens is 2. The van der Waals surface area contributed by atoms with Crippen LogP contribution in [0.4, 0.5) is 5.69 Å². The molecule has 0 amide bonds. The Morgan fingerprint density at radius 2 is 2.29 bits per heavy atom. The topological polar surface area (TPSA) is 58.4 Å². The highest BCUT2D eigenvalue weighted by Gasteiger charge is 2.05. The predicted molar refractivity (Wildman–Crippen MR) is 68.4 cm³/mol. The first-order chi connectivity index (χ1) is 8.04. The third kappa shape index (κ3) is 4.19. The Bertz CT molecular complexity index is 401. The molecule has 0 radical (unpaired) electrons. The number of hydrogen-bond acceptors (Lipinski definition) is 4. The van der Waals surface area contributed by atoms with Gasteiger partial charge in [-0.25, -0.2) is 4.68 Å². The summed E-state index contributed by atoms with van der Waals surface area (Å²) in [4.78, 5) is 13.8. The molecule has 5 nitrogen and oxygen atoms in total. The molecular weight excluding hydrogens is 218 g/mol. The van der Waals surface area contributed by atoms with E-state index in [1.165, 1.54) is 4.68 Å². The van der Waals surface area contributed by atoms with Gasteiger partial charge in [-0.2, -0.15) is 5.10 Å². The molecule has 96 valence electrons. The molecule has 1 heterocycles. The van der Waals surface area contributed by atoms with Crippen molar-refractivity contribution in [1.82, 2.24) is 9.78 Å². The highest BCUT2D eigenvalue weighted by molar-refractivity contribution is 5.41. The van der Waals surface area contributed by atoms with Gasteiger partial charge in [0.1, 0.15) is 0 Å². The Hall–Kier alpha value is -1.36. The van der Waals surface area contributed by atoms with E-state index in [0.717, 1.165) is 18.7 Å². The second kappa shape index (κ2) is 6.39. The highest BCUT2D eigenvalue weighted by Crippen LogP contribution is 2.07. The third-order valence-corrected chi connectivity index (χ3v) is 2.61. The molecule has 1 rings (SSSR count). The van der Waals surface area contributed by atoms with E-state index in [-0.39, 0.29) is 5.56 Å². The number of hydrogen-bond donors (Lipinski definition) is 1. The lowest BCUT2D eigenvalue weighted by Gasteiger charge is -2.17. The number of aliphatic hydroxyl groups is 1. The summed E-state index contributed by atoms with van der Waals surface area (Å²) < 4.78 is 1.38. The van der Waals surface area contributed by atoms with Crippen LogP contribution >= 0.6 is 0 Å². The summed E-state index contributed by atoms with van der Waals surface area (Å²) in [6, 6.07) is 1.59. The Morgan fingerprint density at radius 3 is 2.82 bits per heavy atom. The van der Waals surface area contributed by atoms with Gasteiger partial charge in [0.15, 0.2) is 0 Å². The molecule has 1 aromatic rings. The van der Waals surface area contributed by atoms with Crippen molar-refractivity contribution in [3.63, 3.8) is 0 Å². The van der Waals surface area contributed by atoms with Gasteiger partial charge in [-0.3, -0.25) is 4.79 Å². The fraction of sp³-hybridized carbons (Fsp3) is 0.667. The molecule has 0 saturated carbocycles. The smallest absolute Gasteiger partial charge is 0.268 e. The fourth-order valence-electron chi connectivity index (χ4n) is 1.57. The maximum Gasteiger partial charge on any atom is 0.268 e. The van der Waals surface area contributed by atoms with Gasteiger partial charge in [0.05, 0.1) is 18.0 Å². The fourth-order valence-corrected chi connectivity index (χ4v) is 1.57. The van der Waals surface area contributed by atoms with Crippen molar-refractivity contribution in [2.45, 2.75) is 39.3 Å². The van der Waals surface area contributed by atoms with Crippen LogP contribution in [0.3, 0.4) is 0 Å². The molecule has 5 heteroatoms. The minimum atomic E-state index is -0.411. The lowest BCUT2D eigenvalue weighted by Crippen LogP contribution is -2.27. The molecule has 0 aliphatic carbocycles. The molecule has 1 atom stereocenters. The van der Waals surface area contributed by atoms with Crippen LogP contribution in [0.25, 0.3) is 0 Å². The molecule has 1 unspecified atom stereocenters. The maximum atomic E-state index is 11.8.